The predicted molar refractivity (Wildman–Crippen MR) is 95.0 cm³/mol. The van der Waals surface area contributed by atoms with Gasteiger partial charge in [0.15, 0.2) is 0 Å². The van der Waals surface area contributed by atoms with Gasteiger partial charge in [-0.1, -0.05) is 17.7 Å². The van der Waals surface area contributed by atoms with Crippen LogP contribution in [0.5, 0.6) is 5.75 Å². The van der Waals surface area contributed by atoms with Crippen molar-refractivity contribution in [2.75, 3.05) is 0 Å². The molecule has 0 aliphatic heterocycles. The molecule has 0 amide bonds. The van der Waals surface area contributed by atoms with E-state index in [2.05, 4.69) is 0 Å². The minimum absolute atomic E-state index is 0.214. The van der Waals surface area contributed by atoms with Gasteiger partial charge in [-0.25, -0.2) is 9.18 Å². The van der Waals surface area contributed by atoms with Crippen LogP contribution in [0.15, 0.2) is 39.5 Å². The standard InChI is InChI=1S/C20H16ClFO3/c1-11-7-17(24-10-12-5-6-13(22)9-16(12)21)19-14-3-2-4-15(14)20(23)25-18(19)8-11/h5-9H,2-4,10H2,1H3. The van der Waals surface area contributed by atoms with Crippen molar-refractivity contribution in [1.29, 1.82) is 0 Å². The quantitative estimate of drug-likeness (QED) is 0.621. The summed E-state index contributed by atoms with van der Waals surface area (Å²) >= 11 is 6.08. The third-order valence-electron chi connectivity index (χ3n) is 4.58. The van der Waals surface area contributed by atoms with Gasteiger partial charge in [0.05, 0.1) is 10.4 Å². The first-order valence-electron chi connectivity index (χ1n) is 8.19. The summed E-state index contributed by atoms with van der Waals surface area (Å²) in [6, 6.07) is 8.02. The maximum absolute atomic E-state index is 13.2. The number of hydrogen-bond donors (Lipinski definition) is 0. The smallest absolute Gasteiger partial charge is 0.339 e. The molecule has 0 fully saturated rings. The molecular weight excluding hydrogens is 343 g/mol. The van der Waals surface area contributed by atoms with Gasteiger partial charge in [0.1, 0.15) is 23.8 Å². The molecule has 0 N–H and O–H groups in total. The molecule has 0 bridgehead atoms. The van der Waals surface area contributed by atoms with Crippen molar-refractivity contribution in [1.82, 2.24) is 0 Å². The summed E-state index contributed by atoms with van der Waals surface area (Å²) in [5, 5.41) is 1.18. The molecule has 128 valence electrons. The van der Waals surface area contributed by atoms with Crippen LogP contribution in [0, 0.1) is 12.7 Å². The minimum atomic E-state index is -0.380. The number of hydrogen-bond acceptors (Lipinski definition) is 3. The second-order valence-corrected chi connectivity index (χ2v) is 6.77. The van der Waals surface area contributed by atoms with Crippen LogP contribution in [0.2, 0.25) is 5.02 Å². The van der Waals surface area contributed by atoms with E-state index in [0.717, 1.165) is 41.3 Å². The highest BCUT2D eigenvalue weighted by molar-refractivity contribution is 6.31. The van der Waals surface area contributed by atoms with Gasteiger partial charge in [-0.05, 0) is 61.6 Å². The molecule has 1 aliphatic rings. The average molecular weight is 359 g/mol. The average Bonchev–Trinajstić information content (AvgIpc) is 3.03. The SMILES string of the molecule is Cc1cc(OCc2ccc(F)cc2Cl)c2c3c(c(=O)oc2c1)CCC3. The van der Waals surface area contributed by atoms with Crippen LogP contribution in [-0.2, 0) is 19.4 Å². The van der Waals surface area contributed by atoms with Gasteiger partial charge in [0, 0.05) is 11.1 Å². The van der Waals surface area contributed by atoms with Crippen molar-refractivity contribution < 1.29 is 13.5 Å². The Morgan fingerprint density at radius 1 is 1.20 bits per heavy atom. The molecule has 1 heterocycles. The lowest BCUT2D eigenvalue weighted by atomic mass is 10.0. The van der Waals surface area contributed by atoms with E-state index in [1.807, 2.05) is 19.1 Å². The molecule has 0 unspecified atom stereocenters. The first kappa shape index (κ1) is 16.2. The Balaban J connectivity index is 1.79. The minimum Gasteiger partial charge on any atom is -0.488 e. The largest absolute Gasteiger partial charge is 0.488 e. The van der Waals surface area contributed by atoms with Crippen molar-refractivity contribution in [3.63, 3.8) is 0 Å². The fourth-order valence-corrected chi connectivity index (χ4v) is 3.64. The Morgan fingerprint density at radius 2 is 2.00 bits per heavy atom. The van der Waals surface area contributed by atoms with Gasteiger partial charge in [-0.3, -0.25) is 0 Å². The number of rotatable bonds is 3. The van der Waals surface area contributed by atoms with E-state index in [0.29, 0.717) is 21.9 Å². The van der Waals surface area contributed by atoms with E-state index in [-0.39, 0.29) is 18.0 Å². The molecule has 0 radical (unpaired) electrons. The zero-order valence-corrected chi connectivity index (χ0v) is 14.5. The van der Waals surface area contributed by atoms with Gasteiger partial charge in [-0.15, -0.1) is 0 Å². The van der Waals surface area contributed by atoms with Gasteiger partial charge >= 0.3 is 5.63 Å². The molecule has 3 aromatic rings. The molecule has 25 heavy (non-hydrogen) atoms. The fourth-order valence-electron chi connectivity index (χ4n) is 3.41. The van der Waals surface area contributed by atoms with Gasteiger partial charge < -0.3 is 9.15 Å². The molecule has 0 atom stereocenters. The Morgan fingerprint density at radius 3 is 2.80 bits per heavy atom. The maximum Gasteiger partial charge on any atom is 0.339 e. The number of ether oxygens (including phenoxy) is 1. The number of fused-ring (bicyclic) bond motifs is 3. The summed E-state index contributed by atoms with van der Waals surface area (Å²) in [6.07, 6.45) is 2.52. The highest BCUT2D eigenvalue weighted by atomic mass is 35.5. The van der Waals surface area contributed by atoms with Crippen molar-refractivity contribution in [2.24, 2.45) is 0 Å². The molecule has 3 nitrogen and oxygen atoms in total. The summed E-state index contributed by atoms with van der Waals surface area (Å²) < 4.78 is 24.7. The molecule has 1 aromatic heterocycles. The number of aryl methyl sites for hydroxylation is 2. The van der Waals surface area contributed by atoms with Crippen LogP contribution in [0.25, 0.3) is 11.0 Å². The molecule has 4 rings (SSSR count). The summed E-state index contributed by atoms with van der Waals surface area (Å²) in [4.78, 5) is 12.1. The summed E-state index contributed by atoms with van der Waals surface area (Å²) in [5.74, 6) is 0.284. The topological polar surface area (TPSA) is 39.4 Å². The van der Waals surface area contributed by atoms with E-state index < -0.39 is 0 Å². The van der Waals surface area contributed by atoms with Gasteiger partial charge in [0.25, 0.3) is 0 Å². The zero-order valence-electron chi connectivity index (χ0n) is 13.7. The van der Waals surface area contributed by atoms with Crippen LogP contribution >= 0.6 is 11.6 Å². The monoisotopic (exact) mass is 358 g/mol. The normalized spacial score (nSPS) is 13.2. The second-order valence-electron chi connectivity index (χ2n) is 6.36. The highest BCUT2D eigenvalue weighted by Crippen LogP contribution is 2.35. The molecule has 0 saturated heterocycles. The molecule has 5 heteroatoms. The third-order valence-corrected chi connectivity index (χ3v) is 4.93. The van der Waals surface area contributed by atoms with Crippen LogP contribution < -0.4 is 10.4 Å². The van der Waals surface area contributed by atoms with E-state index in [1.165, 1.54) is 12.1 Å². The first-order valence-corrected chi connectivity index (χ1v) is 8.56. The first-order chi connectivity index (χ1) is 12.0. The van der Waals surface area contributed by atoms with E-state index in [4.69, 9.17) is 20.8 Å². The third kappa shape index (κ3) is 2.91. The van der Waals surface area contributed by atoms with Gasteiger partial charge in [0.2, 0.25) is 0 Å². The van der Waals surface area contributed by atoms with Crippen LogP contribution in [0.4, 0.5) is 4.39 Å². The molecule has 0 spiro atoms. The van der Waals surface area contributed by atoms with Gasteiger partial charge in [-0.2, -0.15) is 0 Å². The lowest BCUT2D eigenvalue weighted by Gasteiger charge is -2.13. The lowest BCUT2D eigenvalue weighted by molar-refractivity contribution is 0.309. The van der Waals surface area contributed by atoms with Crippen molar-refractivity contribution in [3.05, 3.63) is 73.8 Å². The molecule has 1 aliphatic carbocycles. The van der Waals surface area contributed by atoms with Crippen molar-refractivity contribution in [2.45, 2.75) is 32.8 Å². The predicted octanol–water partition coefficient (Wildman–Crippen LogP) is 4.96. The molecule has 2 aromatic carbocycles. The van der Waals surface area contributed by atoms with E-state index >= 15 is 0 Å². The zero-order chi connectivity index (χ0) is 17.6. The maximum atomic E-state index is 13.2. The lowest BCUT2D eigenvalue weighted by Crippen LogP contribution is -2.08. The van der Waals surface area contributed by atoms with Crippen LogP contribution in [-0.4, -0.2) is 0 Å². The summed E-state index contributed by atoms with van der Waals surface area (Å²) in [6.45, 7) is 2.13. The fraction of sp³-hybridized carbons (Fsp3) is 0.250. The Hall–Kier alpha value is -2.33. The highest BCUT2D eigenvalue weighted by Gasteiger charge is 2.22. The Kier molecular flexibility index (Phi) is 4.00. The van der Waals surface area contributed by atoms with Crippen molar-refractivity contribution in [3.8, 4) is 5.75 Å². The van der Waals surface area contributed by atoms with Crippen molar-refractivity contribution >= 4 is 22.6 Å². The number of benzene rings is 2. The summed E-state index contributed by atoms with van der Waals surface area (Å²) in [7, 11) is 0. The molecule has 0 saturated carbocycles. The van der Waals surface area contributed by atoms with E-state index in [9.17, 15) is 9.18 Å². The van der Waals surface area contributed by atoms with E-state index in [1.54, 1.807) is 6.07 Å². The van der Waals surface area contributed by atoms with Crippen LogP contribution in [0.3, 0.4) is 0 Å². The second kappa shape index (κ2) is 6.19. The molecular formula is C20H16ClFO3. The summed E-state index contributed by atoms with van der Waals surface area (Å²) in [5.41, 5.74) is 3.71. The Bertz CT molecular complexity index is 1040. The number of halogens is 2. The Labute approximate surface area is 149 Å². The van der Waals surface area contributed by atoms with Crippen LogP contribution in [0.1, 0.15) is 28.7 Å².